The summed E-state index contributed by atoms with van der Waals surface area (Å²) in [5.74, 6) is 1.86. The third-order valence-corrected chi connectivity index (χ3v) is 3.47. The molecular formula is C18H25N3. The summed E-state index contributed by atoms with van der Waals surface area (Å²) in [5, 5.41) is 3.39. The lowest BCUT2D eigenvalue weighted by atomic mass is 10.0. The van der Waals surface area contributed by atoms with Crippen molar-refractivity contribution < 1.29 is 0 Å². The summed E-state index contributed by atoms with van der Waals surface area (Å²) in [7, 11) is 0. The normalized spacial score (nSPS) is 10.7. The highest BCUT2D eigenvalue weighted by Crippen LogP contribution is 2.25. The van der Waals surface area contributed by atoms with E-state index in [1.165, 1.54) is 16.7 Å². The third-order valence-electron chi connectivity index (χ3n) is 3.47. The van der Waals surface area contributed by atoms with Gasteiger partial charge in [-0.25, -0.2) is 9.97 Å². The summed E-state index contributed by atoms with van der Waals surface area (Å²) in [6, 6.07) is 8.57. The molecule has 0 spiro atoms. The van der Waals surface area contributed by atoms with Crippen LogP contribution in [-0.4, -0.2) is 16.5 Å². The minimum atomic E-state index is 0.916. The number of aryl methyl sites for hydroxylation is 3. The van der Waals surface area contributed by atoms with Crippen molar-refractivity contribution in [3.63, 3.8) is 0 Å². The minimum Gasteiger partial charge on any atom is -0.370 e. The van der Waals surface area contributed by atoms with Gasteiger partial charge in [0.25, 0.3) is 0 Å². The molecule has 1 heterocycles. The largest absolute Gasteiger partial charge is 0.370 e. The van der Waals surface area contributed by atoms with Gasteiger partial charge in [-0.15, -0.1) is 0 Å². The molecule has 21 heavy (non-hydrogen) atoms. The number of rotatable bonds is 6. The van der Waals surface area contributed by atoms with Crippen molar-refractivity contribution in [1.82, 2.24) is 9.97 Å². The monoisotopic (exact) mass is 283 g/mol. The second-order valence-electron chi connectivity index (χ2n) is 5.55. The van der Waals surface area contributed by atoms with Gasteiger partial charge < -0.3 is 5.32 Å². The van der Waals surface area contributed by atoms with Crippen LogP contribution in [0, 0.1) is 13.8 Å². The highest BCUT2D eigenvalue weighted by Gasteiger charge is 2.09. The Morgan fingerprint density at radius 1 is 1.00 bits per heavy atom. The smallest absolute Gasteiger partial charge is 0.131 e. The van der Waals surface area contributed by atoms with Crippen LogP contribution in [0.3, 0.4) is 0 Å². The average Bonchev–Trinajstić information content (AvgIpc) is 2.48. The van der Waals surface area contributed by atoms with Gasteiger partial charge in [-0.05, 0) is 38.3 Å². The van der Waals surface area contributed by atoms with Gasteiger partial charge in [-0.3, -0.25) is 0 Å². The molecule has 0 atom stereocenters. The minimum absolute atomic E-state index is 0.916. The third kappa shape index (κ3) is 4.03. The van der Waals surface area contributed by atoms with Gasteiger partial charge in [0, 0.05) is 24.6 Å². The highest BCUT2D eigenvalue weighted by atomic mass is 15.0. The van der Waals surface area contributed by atoms with E-state index >= 15 is 0 Å². The number of nitrogens with zero attached hydrogens (tertiary/aromatic N) is 2. The maximum atomic E-state index is 4.75. The van der Waals surface area contributed by atoms with E-state index in [0.29, 0.717) is 0 Å². The Kier molecular flexibility index (Phi) is 5.32. The van der Waals surface area contributed by atoms with Crippen molar-refractivity contribution in [2.45, 2.75) is 47.0 Å². The van der Waals surface area contributed by atoms with Gasteiger partial charge in [0.1, 0.15) is 11.6 Å². The Morgan fingerprint density at radius 2 is 1.81 bits per heavy atom. The fourth-order valence-corrected chi connectivity index (χ4v) is 2.33. The van der Waals surface area contributed by atoms with Gasteiger partial charge in [0.05, 0.1) is 5.69 Å². The standard InChI is InChI=1S/C18H25N3/c1-5-7-17-20-16(12-18(21-17)19-10-6-2)15-11-13(3)8-9-14(15)4/h8-9,11-12H,5-7,10H2,1-4H3,(H,19,20,21). The van der Waals surface area contributed by atoms with Gasteiger partial charge >= 0.3 is 0 Å². The van der Waals surface area contributed by atoms with Crippen LogP contribution in [0.2, 0.25) is 0 Å². The molecule has 1 aromatic heterocycles. The fraction of sp³-hybridized carbons (Fsp3) is 0.444. The van der Waals surface area contributed by atoms with E-state index in [4.69, 9.17) is 4.98 Å². The zero-order chi connectivity index (χ0) is 15.2. The molecule has 0 fully saturated rings. The number of aromatic nitrogens is 2. The first-order valence-corrected chi connectivity index (χ1v) is 7.83. The molecule has 1 N–H and O–H groups in total. The number of benzene rings is 1. The van der Waals surface area contributed by atoms with Crippen LogP contribution in [-0.2, 0) is 6.42 Å². The summed E-state index contributed by atoms with van der Waals surface area (Å²) in [4.78, 5) is 9.37. The second kappa shape index (κ2) is 7.21. The van der Waals surface area contributed by atoms with Crippen molar-refractivity contribution in [2.75, 3.05) is 11.9 Å². The molecule has 0 saturated carbocycles. The van der Waals surface area contributed by atoms with Crippen LogP contribution in [0.5, 0.6) is 0 Å². The molecule has 2 rings (SSSR count). The van der Waals surface area contributed by atoms with Gasteiger partial charge in [-0.2, -0.15) is 0 Å². The Balaban J connectivity index is 2.45. The van der Waals surface area contributed by atoms with Crippen molar-refractivity contribution in [1.29, 1.82) is 0 Å². The first-order chi connectivity index (χ1) is 10.1. The maximum absolute atomic E-state index is 4.75. The summed E-state index contributed by atoms with van der Waals surface area (Å²) in [6.45, 7) is 9.51. The van der Waals surface area contributed by atoms with Crippen LogP contribution >= 0.6 is 0 Å². The van der Waals surface area contributed by atoms with Crippen molar-refractivity contribution in [2.24, 2.45) is 0 Å². The zero-order valence-electron chi connectivity index (χ0n) is 13.5. The SMILES string of the molecule is CCCNc1cc(-c2cc(C)ccc2C)nc(CCC)n1. The predicted molar refractivity (Wildman–Crippen MR) is 89.7 cm³/mol. The summed E-state index contributed by atoms with van der Waals surface area (Å²) in [6.07, 6.45) is 3.06. The molecule has 3 heteroatoms. The summed E-state index contributed by atoms with van der Waals surface area (Å²) in [5.41, 5.74) is 4.74. The zero-order valence-corrected chi connectivity index (χ0v) is 13.5. The Labute approximate surface area is 127 Å². The number of anilines is 1. The first kappa shape index (κ1) is 15.5. The number of nitrogens with one attached hydrogen (secondary N) is 1. The Bertz CT molecular complexity index is 605. The first-order valence-electron chi connectivity index (χ1n) is 7.83. The number of hydrogen-bond acceptors (Lipinski definition) is 3. The van der Waals surface area contributed by atoms with Crippen molar-refractivity contribution in [3.05, 3.63) is 41.2 Å². The van der Waals surface area contributed by atoms with Crippen molar-refractivity contribution >= 4 is 5.82 Å². The van der Waals surface area contributed by atoms with Crippen LogP contribution in [0.15, 0.2) is 24.3 Å². The molecule has 0 aliphatic heterocycles. The van der Waals surface area contributed by atoms with Crippen LogP contribution in [0.1, 0.15) is 43.6 Å². The molecular weight excluding hydrogens is 258 g/mol. The molecule has 112 valence electrons. The fourth-order valence-electron chi connectivity index (χ4n) is 2.33. The molecule has 0 amide bonds. The Morgan fingerprint density at radius 3 is 2.52 bits per heavy atom. The lowest BCUT2D eigenvalue weighted by Crippen LogP contribution is -2.06. The highest BCUT2D eigenvalue weighted by molar-refractivity contribution is 5.66. The van der Waals surface area contributed by atoms with Crippen LogP contribution in [0.25, 0.3) is 11.3 Å². The van der Waals surface area contributed by atoms with E-state index in [0.717, 1.165) is 43.1 Å². The van der Waals surface area contributed by atoms with E-state index in [2.05, 4.69) is 62.3 Å². The molecule has 3 nitrogen and oxygen atoms in total. The Hall–Kier alpha value is -1.90. The van der Waals surface area contributed by atoms with Crippen molar-refractivity contribution in [3.8, 4) is 11.3 Å². The molecule has 1 aromatic carbocycles. The maximum Gasteiger partial charge on any atom is 0.131 e. The molecule has 0 radical (unpaired) electrons. The van der Waals surface area contributed by atoms with Gasteiger partial charge in [0.15, 0.2) is 0 Å². The van der Waals surface area contributed by atoms with E-state index in [9.17, 15) is 0 Å². The van der Waals surface area contributed by atoms with Crippen LogP contribution in [0.4, 0.5) is 5.82 Å². The van der Waals surface area contributed by atoms with Gasteiger partial charge in [0.2, 0.25) is 0 Å². The van der Waals surface area contributed by atoms with E-state index < -0.39 is 0 Å². The van der Waals surface area contributed by atoms with E-state index in [1.54, 1.807) is 0 Å². The van der Waals surface area contributed by atoms with Gasteiger partial charge in [-0.1, -0.05) is 31.5 Å². The average molecular weight is 283 g/mol. The molecule has 0 unspecified atom stereocenters. The molecule has 0 bridgehead atoms. The summed E-state index contributed by atoms with van der Waals surface area (Å²) >= 11 is 0. The van der Waals surface area contributed by atoms with Crippen LogP contribution < -0.4 is 5.32 Å². The number of hydrogen-bond donors (Lipinski definition) is 1. The lowest BCUT2D eigenvalue weighted by Gasteiger charge is -2.11. The molecule has 2 aromatic rings. The lowest BCUT2D eigenvalue weighted by molar-refractivity contribution is 0.834. The second-order valence-corrected chi connectivity index (χ2v) is 5.55. The molecule has 0 aliphatic carbocycles. The molecule has 0 aliphatic rings. The molecule has 0 saturated heterocycles. The quantitative estimate of drug-likeness (QED) is 0.846. The summed E-state index contributed by atoms with van der Waals surface area (Å²) < 4.78 is 0. The van der Waals surface area contributed by atoms with E-state index in [-0.39, 0.29) is 0 Å². The topological polar surface area (TPSA) is 37.8 Å². The predicted octanol–water partition coefficient (Wildman–Crippen LogP) is 4.53. The van der Waals surface area contributed by atoms with E-state index in [1.807, 2.05) is 0 Å².